The van der Waals surface area contributed by atoms with Gasteiger partial charge in [-0.2, -0.15) is 0 Å². The van der Waals surface area contributed by atoms with E-state index in [0.717, 1.165) is 41.0 Å². The molecule has 0 bridgehead atoms. The maximum absolute atomic E-state index is 13.3. The molecule has 10 nitrogen and oxygen atoms in total. The Bertz CT molecular complexity index is 1420. The lowest BCUT2D eigenvalue weighted by Crippen LogP contribution is -2.63. The van der Waals surface area contributed by atoms with Crippen LogP contribution in [0, 0.1) is 0 Å². The van der Waals surface area contributed by atoms with Gasteiger partial charge >= 0.3 is 6.03 Å². The molecule has 0 radical (unpaired) electrons. The zero-order valence-electron chi connectivity index (χ0n) is 23.0. The number of aromatic amines is 1. The predicted octanol–water partition coefficient (Wildman–Crippen LogP) is 3.80. The predicted molar refractivity (Wildman–Crippen MR) is 160 cm³/mol. The summed E-state index contributed by atoms with van der Waals surface area (Å²) in [6.07, 6.45) is 1.30. The fourth-order valence-corrected chi connectivity index (χ4v) is 6.25. The number of carbonyl (C=O) groups excluding carboxylic acids is 3. The first-order valence-electron chi connectivity index (χ1n) is 13.1. The van der Waals surface area contributed by atoms with E-state index in [-0.39, 0.29) is 42.8 Å². The molecule has 216 valence electrons. The standard InChI is InChI=1S/C27H34ClN7O3S.ClH/c1-27(2,3)33-26(38)35-10-8-18(30-23(36)20-12-15-11-16(28)5-6-17(15)29-20)21(13-35)31-24(37)25-32-19-7-9-34(4)14-22(19)39-25;/h5-6,11-12,18,21,29H,7-10,13-14H2,1-4H3,(H,30,36)(H,31,37)(H,33,38);1H. The highest BCUT2D eigenvalue weighted by atomic mass is 35.5. The van der Waals surface area contributed by atoms with Crippen LogP contribution in [-0.2, 0) is 13.0 Å². The fraction of sp³-hybridized carbons (Fsp3) is 0.481. The van der Waals surface area contributed by atoms with E-state index in [0.29, 0.717) is 28.7 Å². The lowest BCUT2D eigenvalue weighted by Gasteiger charge is -2.40. The van der Waals surface area contributed by atoms with Crippen LogP contribution in [0.3, 0.4) is 0 Å². The van der Waals surface area contributed by atoms with E-state index in [4.69, 9.17) is 11.6 Å². The Kier molecular flexibility index (Phi) is 8.99. The van der Waals surface area contributed by atoms with Gasteiger partial charge in [0.15, 0.2) is 5.01 Å². The van der Waals surface area contributed by atoms with Gasteiger partial charge in [-0.1, -0.05) is 11.6 Å². The minimum Gasteiger partial charge on any atom is -0.351 e. The minimum absolute atomic E-state index is 0. The number of benzene rings is 1. The van der Waals surface area contributed by atoms with Crippen molar-refractivity contribution in [3.8, 4) is 0 Å². The number of piperidine rings is 1. The van der Waals surface area contributed by atoms with Crippen molar-refractivity contribution in [3.63, 3.8) is 0 Å². The number of rotatable bonds is 4. The Morgan fingerprint density at radius 3 is 2.60 bits per heavy atom. The first kappa shape index (κ1) is 30.1. The maximum atomic E-state index is 13.3. The molecule has 1 aromatic carbocycles. The summed E-state index contributed by atoms with van der Waals surface area (Å²) in [6, 6.07) is 6.07. The average molecular weight is 609 g/mol. The summed E-state index contributed by atoms with van der Waals surface area (Å²) in [5.41, 5.74) is 1.79. The van der Waals surface area contributed by atoms with Gasteiger partial charge in [0.2, 0.25) is 0 Å². The average Bonchev–Trinajstić information content (AvgIpc) is 3.47. The minimum atomic E-state index is -0.497. The number of nitrogens with one attached hydrogen (secondary N) is 4. The number of aromatic nitrogens is 2. The molecule has 0 spiro atoms. The summed E-state index contributed by atoms with van der Waals surface area (Å²) in [4.78, 5) is 52.3. The zero-order chi connectivity index (χ0) is 27.9. The van der Waals surface area contributed by atoms with Crippen LogP contribution >= 0.6 is 35.3 Å². The maximum Gasteiger partial charge on any atom is 0.317 e. The third kappa shape index (κ3) is 6.88. The molecule has 4 N–H and O–H groups in total. The zero-order valence-corrected chi connectivity index (χ0v) is 25.4. The van der Waals surface area contributed by atoms with Crippen molar-refractivity contribution < 1.29 is 14.4 Å². The van der Waals surface area contributed by atoms with Crippen LogP contribution in [-0.4, -0.2) is 81.9 Å². The van der Waals surface area contributed by atoms with Gasteiger partial charge in [-0.25, -0.2) is 9.78 Å². The van der Waals surface area contributed by atoms with E-state index in [2.05, 4.69) is 37.9 Å². The lowest BCUT2D eigenvalue weighted by molar-refractivity contribution is 0.0823. The molecule has 5 rings (SSSR count). The number of thiazole rings is 1. The second-order valence-electron chi connectivity index (χ2n) is 11.4. The van der Waals surface area contributed by atoms with Gasteiger partial charge in [0.1, 0.15) is 5.69 Å². The number of fused-ring (bicyclic) bond motifs is 2. The molecule has 3 aromatic rings. The molecule has 1 fully saturated rings. The van der Waals surface area contributed by atoms with Crippen LogP contribution in [0.25, 0.3) is 10.9 Å². The lowest BCUT2D eigenvalue weighted by atomic mass is 9.98. The SMILES string of the molecule is CN1CCc2nc(C(=O)NC3CN(C(=O)NC(C)(C)C)CCC3NC(=O)c3cc4cc(Cl)ccc4[nH]3)sc2C1.Cl. The van der Waals surface area contributed by atoms with Gasteiger partial charge in [-0.3, -0.25) is 9.59 Å². The van der Waals surface area contributed by atoms with E-state index in [1.165, 1.54) is 11.3 Å². The van der Waals surface area contributed by atoms with E-state index in [1.807, 2.05) is 26.8 Å². The Morgan fingerprint density at radius 2 is 1.85 bits per heavy atom. The van der Waals surface area contributed by atoms with E-state index in [9.17, 15) is 14.4 Å². The van der Waals surface area contributed by atoms with E-state index < -0.39 is 11.6 Å². The highest BCUT2D eigenvalue weighted by Gasteiger charge is 2.35. The Hall–Kier alpha value is -2.86. The molecule has 4 heterocycles. The number of nitrogens with zero attached hydrogens (tertiary/aromatic N) is 3. The normalized spacial score (nSPS) is 19.5. The number of amides is 4. The summed E-state index contributed by atoms with van der Waals surface area (Å²) >= 11 is 7.51. The summed E-state index contributed by atoms with van der Waals surface area (Å²) < 4.78 is 0. The van der Waals surface area contributed by atoms with Gasteiger partial charge in [0, 0.05) is 58.9 Å². The van der Waals surface area contributed by atoms with Gasteiger partial charge < -0.3 is 30.7 Å². The largest absolute Gasteiger partial charge is 0.351 e. The molecule has 2 aliphatic heterocycles. The molecule has 13 heteroatoms. The van der Waals surface area contributed by atoms with Gasteiger partial charge in [-0.05, 0) is 58.5 Å². The number of carbonyl (C=O) groups is 3. The number of hydrogen-bond acceptors (Lipinski definition) is 6. The van der Waals surface area contributed by atoms with Gasteiger partial charge in [0.25, 0.3) is 11.8 Å². The molecule has 2 aromatic heterocycles. The molecule has 1 saturated heterocycles. The summed E-state index contributed by atoms with van der Waals surface area (Å²) in [7, 11) is 2.05. The van der Waals surface area contributed by atoms with Gasteiger partial charge in [-0.15, -0.1) is 23.7 Å². The highest BCUT2D eigenvalue weighted by Crippen LogP contribution is 2.25. The molecular formula is C27H35Cl2N7O3S. The molecule has 2 atom stereocenters. The smallest absolute Gasteiger partial charge is 0.317 e. The van der Waals surface area contributed by atoms with Crippen LogP contribution in [0.15, 0.2) is 24.3 Å². The number of likely N-dealkylation sites (tertiary alicyclic amines) is 1. The molecule has 40 heavy (non-hydrogen) atoms. The van der Waals surface area contributed by atoms with Crippen molar-refractivity contribution in [2.45, 2.75) is 57.8 Å². The number of urea groups is 1. The fourth-order valence-electron chi connectivity index (χ4n) is 4.98. The van der Waals surface area contributed by atoms with Crippen LogP contribution in [0.5, 0.6) is 0 Å². The van der Waals surface area contributed by atoms with Crippen molar-refractivity contribution in [2.75, 3.05) is 26.7 Å². The molecule has 2 unspecified atom stereocenters. The van der Waals surface area contributed by atoms with Gasteiger partial charge in [0.05, 0.1) is 17.8 Å². The molecular weight excluding hydrogens is 573 g/mol. The van der Waals surface area contributed by atoms with Crippen LogP contribution in [0.4, 0.5) is 4.79 Å². The second kappa shape index (κ2) is 11.9. The molecule has 2 aliphatic rings. The quantitative estimate of drug-likeness (QED) is 0.359. The summed E-state index contributed by atoms with van der Waals surface area (Å²) in [5, 5.41) is 11.0. The van der Waals surface area contributed by atoms with Crippen LogP contribution in [0.2, 0.25) is 5.02 Å². The second-order valence-corrected chi connectivity index (χ2v) is 12.9. The highest BCUT2D eigenvalue weighted by molar-refractivity contribution is 7.13. The summed E-state index contributed by atoms with van der Waals surface area (Å²) in [5.74, 6) is -0.577. The van der Waals surface area contributed by atoms with E-state index in [1.54, 1.807) is 23.1 Å². The third-order valence-corrected chi connectivity index (χ3v) is 8.27. The van der Waals surface area contributed by atoms with Crippen LogP contribution in [0.1, 0.15) is 58.1 Å². The monoisotopic (exact) mass is 607 g/mol. The Labute approximate surface area is 248 Å². The van der Waals surface area contributed by atoms with Crippen molar-refractivity contribution in [1.82, 2.24) is 35.7 Å². The number of hydrogen-bond donors (Lipinski definition) is 4. The number of likely N-dealkylation sites (N-methyl/N-ethyl adjacent to an activating group) is 1. The van der Waals surface area contributed by atoms with Crippen molar-refractivity contribution in [2.24, 2.45) is 0 Å². The molecule has 0 saturated carbocycles. The van der Waals surface area contributed by atoms with Crippen molar-refractivity contribution in [1.29, 1.82) is 0 Å². The van der Waals surface area contributed by atoms with E-state index >= 15 is 0 Å². The number of H-pyrrole nitrogens is 1. The molecule has 0 aliphatic carbocycles. The number of halogens is 2. The van der Waals surface area contributed by atoms with Crippen LogP contribution < -0.4 is 16.0 Å². The molecule has 4 amide bonds. The summed E-state index contributed by atoms with van der Waals surface area (Å²) in [6.45, 7) is 8.16. The Balaban J connectivity index is 0.00000370. The topological polar surface area (TPSA) is 122 Å². The van der Waals surface area contributed by atoms with Crippen molar-refractivity contribution in [3.05, 3.63) is 50.6 Å². The first-order valence-corrected chi connectivity index (χ1v) is 14.3. The Morgan fingerprint density at radius 1 is 1.10 bits per heavy atom. The first-order chi connectivity index (χ1) is 18.4. The third-order valence-electron chi connectivity index (χ3n) is 6.96. The van der Waals surface area contributed by atoms with Crippen molar-refractivity contribution >= 4 is 64.1 Å².